The van der Waals surface area contributed by atoms with Gasteiger partial charge in [-0.3, -0.25) is 14.4 Å². The molecule has 390 valence electrons. The number of aryl methyl sites for hydroxylation is 1. The van der Waals surface area contributed by atoms with Gasteiger partial charge in [0.1, 0.15) is 19.3 Å². The van der Waals surface area contributed by atoms with Crippen LogP contribution in [0.15, 0.2) is 235 Å². The Labute approximate surface area is 448 Å². The fourth-order valence-electron chi connectivity index (χ4n) is 9.12. The Morgan fingerprint density at radius 2 is 0.896 bits per heavy atom. The molecule has 4 amide bonds. The van der Waals surface area contributed by atoms with Crippen molar-refractivity contribution in [3.05, 3.63) is 258 Å². The van der Waals surface area contributed by atoms with Gasteiger partial charge in [0.05, 0.1) is 17.0 Å². The van der Waals surface area contributed by atoms with Crippen LogP contribution in [0.1, 0.15) is 40.5 Å². The summed E-state index contributed by atoms with van der Waals surface area (Å²) in [5, 5.41) is 10.5. The first-order valence-electron chi connectivity index (χ1n) is 25.4. The topological polar surface area (TPSA) is 163 Å². The normalized spacial score (nSPS) is 17.9. The number of hydroxylamine groups is 1. The number of hydrogen-bond acceptors (Lipinski definition) is 10. The van der Waals surface area contributed by atoms with E-state index in [1.165, 1.54) is 10.5 Å². The summed E-state index contributed by atoms with van der Waals surface area (Å²) in [5.74, 6) is -0.800. The van der Waals surface area contributed by atoms with Crippen LogP contribution in [0.5, 0.6) is 0 Å². The predicted octanol–water partition coefficient (Wildman–Crippen LogP) is 11.0. The largest absolute Gasteiger partial charge is 0.447 e. The molecule has 0 aromatic heterocycles. The van der Waals surface area contributed by atoms with Gasteiger partial charge in [0.2, 0.25) is 5.91 Å². The predicted molar refractivity (Wildman–Crippen MR) is 292 cm³/mol. The van der Waals surface area contributed by atoms with Crippen LogP contribution in [-0.2, 0) is 59.6 Å². The average molecular weight is 1050 g/mol. The fraction of sp³-hybridized carbons (Fsp3) is 0.175. The van der Waals surface area contributed by atoms with Gasteiger partial charge in [-0.2, -0.15) is 0 Å². The van der Waals surface area contributed by atoms with E-state index < -0.39 is 46.5 Å². The minimum absolute atomic E-state index is 0.135. The van der Waals surface area contributed by atoms with E-state index in [0.717, 1.165) is 53.9 Å². The van der Waals surface area contributed by atoms with Crippen molar-refractivity contribution < 1.29 is 47.0 Å². The van der Waals surface area contributed by atoms with Crippen LogP contribution in [0.25, 0.3) is 22.3 Å². The summed E-state index contributed by atoms with van der Waals surface area (Å²) < 4.78 is 35.6. The summed E-state index contributed by atoms with van der Waals surface area (Å²) in [4.78, 5) is 57.6. The minimum Gasteiger partial charge on any atom is -0.447 e. The van der Waals surface area contributed by atoms with E-state index in [9.17, 15) is 32.7 Å². The van der Waals surface area contributed by atoms with Crippen LogP contribution < -0.4 is 0 Å². The Morgan fingerprint density at radius 1 is 0.494 bits per heavy atom. The van der Waals surface area contributed by atoms with E-state index in [2.05, 4.69) is 24.3 Å². The number of cyclic esters (lactones) is 2. The third-order valence-electron chi connectivity index (χ3n) is 13.2. The van der Waals surface area contributed by atoms with Gasteiger partial charge in [0, 0.05) is 18.4 Å². The van der Waals surface area contributed by atoms with E-state index in [4.69, 9.17) is 14.3 Å². The molecule has 0 radical (unpaired) electrons. The Balaban J connectivity index is 0.000000145. The van der Waals surface area contributed by atoms with Gasteiger partial charge in [0.15, 0.2) is 6.23 Å². The quantitative estimate of drug-likeness (QED) is 0.0978. The van der Waals surface area contributed by atoms with Gasteiger partial charge in [0.25, 0.3) is 15.9 Å². The second-order valence-electron chi connectivity index (χ2n) is 18.6. The zero-order chi connectivity index (χ0) is 53.6. The summed E-state index contributed by atoms with van der Waals surface area (Å²) in [5.41, 5.74) is 9.29. The summed E-state index contributed by atoms with van der Waals surface area (Å²) in [6.45, 7) is 0.392. The summed E-state index contributed by atoms with van der Waals surface area (Å²) >= 11 is 0. The number of nitrogens with zero attached hydrogens (tertiary/aromatic N) is 3. The zero-order valence-electron chi connectivity index (χ0n) is 42.1. The second kappa shape index (κ2) is 25.3. The number of ether oxygens (including phenoxy) is 2. The first-order chi connectivity index (χ1) is 37.5. The third-order valence-corrected chi connectivity index (χ3v) is 14.9. The molecular weight excluding hydrogens is 991 g/mol. The number of carbonyl (C=O) groups is 4. The molecular formula is C63H57N3O10S. The van der Waals surface area contributed by atoms with Crippen LogP contribution in [0.3, 0.4) is 0 Å². The van der Waals surface area contributed by atoms with E-state index in [-0.39, 0.29) is 42.9 Å². The van der Waals surface area contributed by atoms with Crippen molar-refractivity contribution in [3.63, 3.8) is 0 Å². The van der Waals surface area contributed by atoms with Gasteiger partial charge < -0.3 is 14.6 Å². The van der Waals surface area contributed by atoms with Crippen LogP contribution in [0, 0.1) is 0 Å². The summed E-state index contributed by atoms with van der Waals surface area (Å²) in [6, 6.07) is 72.4. The number of aliphatic hydroxyl groups is 1. The number of aliphatic hydroxyl groups excluding tert-OH is 1. The fourth-order valence-corrected chi connectivity index (χ4v) is 10.4. The number of hydrogen-bond donors (Lipinski definition) is 1. The highest BCUT2D eigenvalue weighted by Gasteiger charge is 2.48. The molecule has 0 aliphatic carbocycles. The lowest BCUT2D eigenvalue weighted by Crippen LogP contribution is -2.46. The van der Waals surface area contributed by atoms with Gasteiger partial charge in [-0.05, 0) is 80.4 Å². The van der Waals surface area contributed by atoms with E-state index >= 15 is 0 Å². The van der Waals surface area contributed by atoms with Gasteiger partial charge in [-0.1, -0.05) is 218 Å². The molecule has 1 N–H and O–H groups in total. The van der Waals surface area contributed by atoms with Crippen molar-refractivity contribution in [2.24, 2.45) is 0 Å². The maximum absolute atomic E-state index is 12.8. The molecule has 77 heavy (non-hydrogen) atoms. The first kappa shape index (κ1) is 53.3. The second-order valence-corrected chi connectivity index (χ2v) is 20.4. The molecule has 8 aromatic rings. The average Bonchev–Trinajstić information content (AvgIpc) is 4.20. The summed E-state index contributed by atoms with van der Waals surface area (Å²) in [6.07, 6.45) is -0.917. The molecule has 14 heteroatoms. The van der Waals surface area contributed by atoms with E-state index in [1.807, 2.05) is 176 Å². The van der Waals surface area contributed by atoms with Crippen molar-refractivity contribution in [1.82, 2.24) is 14.3 Å². The molecule has 3 heterocycles. The van der Waals surface area contributed by atoms with E-state index in [1.54, 1.807) is 30.3 Å². The van der Waals surface area contributed by atoms with Crippen molar-refractivity contribution in [2.45, 2.75) is 61.4 Å². The standard InChI is InChI=1S/C25H23NO4.C25H23NO3.C13H11NO3S/c27-23(16-19-11-13-21(14-12-19)20-9-5-2-6-10-20)24(28)26-22(17-30-25(26)29)15-18-7-3-1-4-8-18;27-24(26-23(18-29-25(26)28)17-20-7-3-1-4-8-20)16-13-19-11-14-22(15-12-19)21-9-5-2-6-10-21;15-18(16,12-9-5-2-6-10-12)14-13(17-14)11-7-3-1-4-8-11/h1-14,22-23,27H,15-17H2;1-12,14-15,23H,13,16-18H2;1-10,13H/t22-,23?;23-;/m00./s1. The molecule has 11 rings (SSSR count). The maximum Gasteiger partial charge on any atom is 0.417 e. The Kier molecular flexibility index (Phi) is 17.5. The number of sulfonamides is 1. The van der Waals surface area contributed by atoms with Crippen molar-refractivity contribution in [2.75, 3.05) is 13.2 Å². The molecule has 3 aliphatic heterocycles. The lowest BCUT2D eigenvalue weighted by molar-refractivity contribution is -0.138. The molecule has 13 nitrogen and oxygen atoms in total. The molecule has 0 saturated carbocycles. The van der Waals surface area contributed by atoms with Gasteiger partial charge >= 0.3 is 12.2 Å². The Morgan fingerprint density at radius 3 is 1.39 bits per heavy atom. The Bertz CT molecular complexity index is 3320. The molecule has 0 bridgehead atoms. The zero-order valence-corrected chi connectivity index (χ0v) is 42.9. The summed E-state index contributed by atoms with van der Waals surface area (Å²) in [7, 11) is -3.55. The first-order valence-corrected chi connectivity index (χ1v) is 26.8. The molecule has 8 aromatic carbocycles. The highest BCUT2D eigenvalue weighted by atomic mass is 32.2. The van der Waals surface area contributed by atoms with Crippen molar-refractivity contribution >= 4 is 34.0 Å². The lowest BCUT2D eigenvalue weighted by atomic mass is 10.0. The highest BCUT2D eigenvalue weighted by molar-refractivity contribution is 7.89. The molecule has 0 spiro atoms. The highest BCUT2D eigenvalue weighted by Crippen LogP contribution is 2.42. The van der Waals surface area contributed by atoms with Crippen molar-refractivity contribution in [1.29, 1.82) is 0 Å². The lowest BCUT2D eigenvalue weighted by Gasteiger charge is -2.22. The smallest absolute Gasteiger partial charge is 0.417 e. The molecule has 5 atom stereocenters. The van der Waals surface area contributed by atoms with Gasteiger partial charge in [-0.25, -0.2) is 27.8 Å². The molecule has 3 aliphatic rings. The van der Waals surface area contributed by atoms with Gasteiger partial charge in [-0.15, -0.1) is 0 Å². The number of amides is 4. The van der Waals surface area contributed by atoms with Crippen LogP contribution in [-0.4, -0.2) is 83.2 Å². The van der Waals surface area contributed by atoms with Crippen LogP contribution in [0.4, 0.5) is 9.59 Å². The van der Waals surface area contributed by atoms with Crippen LogP contribution >= 0.6 is 0 Å². The molecule has 3 fully saturated rings. The monoisotopic (exact) mass is 1050 g/mol. The number of imide groups is 2. The van der Waals surface area contributed by atoms with Crippen LogP contribution in [0.2, 0.25) is 0 Å². The number of benzene rings is 8. The number of carbonyl (C=O) groups excluding carboxylic acids is 4. The minimum atomic E-state index is -3.55. The third kappa shape index (κ3) is 13.9. The Hall–Kier alpha value is -8.53. The number of rotatable bonds is 15. The SMILES string of the molecule is O=C(CCc1ccc(-c2ccccc2)cc1)N1C(=O)OC[C@@H]1Cc1ccccc1.O=C1OC[C@H](Cc2ccccc2)N1C(=O)C(O)Cc1ccc(-c2ccccc2)cc1.O=S(=O)(c1ccccc1)N1OC1c1ccccc1. The molecule has 3 unspecified atom stereocenters. The van der Waals surface area contributed by atoms with E-state index in [0.29, 0.717) is 19.3 Å². The molecule has 3 saturated heterocycles. The maximum atomic E-state index is 12.8. The van der Waals surface area contributed by atoms with Crippen molar-refractivity contribution in [3.8, 4) is 22.3 Å².